The van der Waals surface area contributed by atoms with Gasteiger partial charge >= 0.3 is 0 Å². The SMILES string of the molecule is Cc1ccc(NC(=O)CCCN)cc1.Cl. The van der Waals surface area contributed by atoms with E-state index in [9.17, 15) is 4.79 Å². The van der Waals surface area contributed by atoms with Crippen LogP contribution in [0.15, 0.2) is 24.3 Å². The number of hydrogen-bond donors (Lipinski definition) is 2. The molecule has 0 aromatic heterocycles. The molecule has 0 aliphatic heterocycles. The van der Waals surface area contributed by atoms with Crippen molar-refractivity contribution in [2.45, 2.75) is 19.8 Å². The average Bonchev–Trinajstić information content (AvgIpc) is 2.18. The molecule has 4 heteroatoms. The molecule has 0 heterocycles. The van der Waals surface area contributed by atoms with Crippen molar-refractivity contribution in [3.05, 3.63) is 29.8 Å². The number of nitrogens with two attached hydrogens (primary N) is 1. The highest BCUT2D eigenvalue weighted by atomic mass is 35.5. The molecule has 0 bridgehead atoms. The summed E-state index contributed by atoms with van der Waals surface area (Å²) < 4.78 is 0. The van der Waals surface area contributed by atoms with E-state index in [-0.39, 0.29) is 18.3 Å². The number of amides is 1. The predicted octanol–water partition coefficient (Wildman–Crippen LogP) is 2.09. The zero-order valence-corrected chi connectivity index (χ0v) is 9.64. The van der Waals surface area contributed by atoms with E-state index in [1.54, 1.807) is 0 Å². The van der Waals surface area contributed by atoms with E-state index >= 15 is 0 Å². The highest BCUT2D eigenvalue weighted by Crippen LogP contribution is 2.08. The lowest BCUT2D eigenvalue weighted by Gasteiger charge is -2.04. The lowest BCUT2D eigenvalue weighted by atomic mass is 10.2. The number of carbonyl (C=O) groups is 1. The average molecular weight is 229 g/mol. The molecule has 84 valence electrons. The number of anilines is 1. The maximum absolute atomic E-state index is 11.3. The number of benzene rings is 1. The number of aryl methyl sites for hydroxylation is 1. The van der Waals surface area contributed by atoms with Gasteiger partial charge in [-0.1, -0.05) is 17.7 Å². The summed E-state index contributed by atoms with van der Waals surface area (Å²) in [6.45, 7) is 2.57. The first-order valence-corrected chi connectivity index (χ1v) is 4.79. The maximum Gasteiger partial charge on any atom is 0.224 e. The molecule has 0 aliphatic carbocycles. The number of nitrogens with one attached hydrogen (secondary N) is 1. The van der Waals surface area contributed by atoms with Crippen LogP contribution in [-0.4, -0.2) is 12.5 Å². The zero-order valence-electron chi connectivity index (χ0n) is 8.82. The molecule has 1 rings (SSSR count). The Morgan fingerprint density at radius 1 is 1.33 bits per heavy atom. The zero-order chi connectivity index (χ0) is 10.4. The van der Waals surface area contributed by atoms with E-state index in [0.717, 1.165) is 12.1 Å². The topological polar surface area (TPSA) is 55.1 Å². The Balaban J connectivity index is 0.00000196. The van der Waals surface area contributed by atoms with Crippen LogP contribution in [-0.2, 0) is 4.79 Å². The van der Waals surface area contributed by atoms with Crippen LogP contribution < -0.4 is 11.1 Å². The largest absolute Gasteiger partial charge is 0.330 e. The van der Waals surface area contributed by atoms with Gasteiger partial charge in [0, 0.05) is 12.1 Å². The third-order valence-corrected chi connectivity index (χ3v) is 1.94. The molecule has 15 heavy (non-hydrogen) atoms. The van der Waals surface area contributed by atoms with Crippen molar-refractivity contribution in [2.75, 3.05) is 11.9 Å². The molecule has 1 amide bonds. The second-order valence-electron chi connectivity index (χ2n) is 3.31. The Kier molecular flexibility index (Phi) is 6.75. The first-order valence-electron chi connectivity index (χ1n) is 4.79. The molecule has 1 aromatic carbocycles. The second kappa shape index (κ2) is 7.26. The molecular formula is C11H17ClN2O. The highest BCUT2D eigenvalue weighted by molar-refractivity contribution is 5.90. The first-order chi connectivity index (χ1) is 6.72. The molecule has 1 aromatic rings. The van der Waals surface area contributed by atoms with Crippen molar-refractivity contribution >= 4 is 24.0 Å². The van der Waals surface area contributed by atoms with Gasteiger partial charge < -0.3 is 11.1 Å². The summed E-state index contributed by atoms with van der Waals surface area (Å²) in [5.74, 6) is 0.0271. The minimum absolute atomic E-state index is 0. The predicted molar refractivity (Wildman–Crippen MR) is 65.3 cm³/mol. The van der Waals surface area contributed by atoms with Crippen molar-refractivity contribution in [3.8, 4) is 0 Å². The smallest absolute Gasteiger partial charge is 0.224 e. The van der Waals surface area contributed by atoms with Gasteiger partial charge in [0.05, 0.1) is 0 Å². The Bertz CT molecular complexity index is 298. The monoisotopic (exact) mass is 228 g/mol. The lowest BCUT2D eigenvalue weighted by Crippen LogP contribution is -2.13. The van der Waals surface area contributed by atoms with E-state index in [1.807, 2.05) is 31.2 Å². The van der Waals surface area contributed by atoms with Crippen LogP contribution in [0.5, 0.6) is 0 Å². The number of halogens is 1. The van der Waals surface area contributed by atoms with E-state index in [2.05, 4.69) is 5.32 Å². The van der Waals surface area contributed by atoms with Crippen molar-refractivity contribution in [3.63, 3.8) is 0 Å². The van der Waals surface area contributed by atoms with Crippen LogP contribution in [0.3, 0.4) is 0 Å². The third-order valence-electron chi connectivity index (χ3n) is 1.94. The molecule has 0 aliphatic rings. The van der Waals surface area contributed by atoms with Gasteiger partial charge in [0.25, 0.3) is 0 Å². The summed E-state index contributed by atoms with van der Waals surface area (Å²) in [6, 6.07) is 7.74. The Morgan fingerprint density at radius 2 is 1.93 bits per heavy atom. The Hall–Kier alpha value is -1.06. The van der Waals surface area contributed by atoms with Crippen LogP contribution in [0, 0.1) is 6.92 Å². The van der Waals surface area contributed by atoms with E-state index in [4.69, 9.17) is 5.73 Å². The summed E-state index contributed by atoms with van der Waals surface area (Å²) in [7, 11) is 0. The number of carbonyl (C=O) groups excluding carboxylic acids is 1. The summed E-state index contributed by atoms with van der Waals surface area (Å²) in [4.78, 5) is 11.3. The van der Waals surface area contributed by atoms with Crippen molar-refractivity contribution in [1.29, 1.82) is 0 Å². The molecule has 0 saturated carbocycles. The van der Waals surface area contributed by atoms with Gasteiger partial charge in [0.2, 0.25) is 5.91 Å². The molecular weight excluding hydrogens is 212 g/mol. The summed E-state index contributed by atoms with van der Waals surface area (Å²) in [5.41, 5.74) is 7.34. The fraction of sp³-hybridized carbons (Fsp3) is 0.364. The van der Waals surface area contributed by atoms with Crippen molar-refractivity contribution in [2.24, 2.45) is 5.73 Å². The minimum atomic E-state index is 0. The van der Waals surface area contributed by atoms with Crippen LogP contribution in [0.2, 0.25) is 0 Å². The van der Waals surface area contributed by atoms with Gasteiger partial charge in [-0.15, -0.1) is 12.4 Å². The molecule has 0 unspecified atom stereocenters. The summed E-state index contributed by atoms with van der Waals surface area (Å²) >= 11 is 0. The molecule has 0 spiro atoms. The van der Waals surface area contributed by atoms with Crippen LogP contribution in [0.1, 0.15) is 18.4 Å². The van der Waals surface area contributed by atoms with E-state index < -0.39 is 0 Å². The Morgan fingerprint density at radius 3 is 2.47 bits per heavy atom. The van der Waals surface area contributed by atoms with E-state index in [0.29, 0.717) is 13.0 Å². The minimum Gasteiger partial charge on any atom is -0.330 e. The van der Waals surface area contributed by atoms with Crippen LogP contribution in [0.25, 0.3) is 0 Å². The standard InChI is InChI=1S/C11H16N2O.ClH/c1-9-4-6-10(7-5-9)13-11(14)3-2-8-12;/h4-7H,2-3,8,12H2,1H3,(H,13,14);1H. The molecule has 0 radical (unpaired) electrons. The van der Waals surface area contributed by atoms with Gasteiger partial charge in [-0.25, -0.2) is 0 Å². The number of hydrogen-bond acceptors (Lipinski definition) is 2. The molecule has 3 N–H and O–H groups in total. The van der Waals surface area contributed by atoms with Gasteiger partial charge in [-0.05, 0) is 32.0 Å². The normalized spacial score (nSPS) is 9.20. The molecule has 0 atom stereocenters. The van der Waals surface area contributed by atoms with Gasteiger partial charge in [0.1, 0.15) is 0 Å². The van der Waals surface area contributed by atoms with Crippen molar-refractivity contribution in [1.82, 2.24) is 0 Å². The summed E-state index contributed by atoms with van der Waals surface area (Å²) in [6.07, 6.45) is 1.22. The molecule has 3 nitrogen and oxygen atoms in total. The first kappa shape index (κ1) is 13.9. The fourth-order valence-electron chi connectivity index (χ4n) is 1.12. The number of rotatable bonds is 4. The van der Waals surface area contributed by atoms with Crippen molar-refractivity contribution < 1.29 is 4.79 Å². The van der Waals surface area contributed by atoms with Crippen LogP contribution >= 0.6 is 12.4 Å². The molecule has 0 saturated heterocycles. The second-order valence-corrected chi connectivity index (χ2v) is 3.31. The lowest BCUT2D eigenvalue weighted by molar-refractivity contribution is -0.116. The fourth-order valence-corrected chi connectivity index (χ4v) is 1.12. The molecule has 0 fully saturated rings. The summed E-state index contributed by atoms with van der Waals surface area (Å²) in [5, 5.41) is 2.81. The third kappa shape index (κ3) is 5.40. The Labute approximate surface area is 96.5 Å². The van der Waals surface area contributed by atoms with Gasteiger partial charge in [0.15, 0.2) is 0 Å². The van der Waals surface area contributed by atoms with Gasteiger partial charge in [-0.2, -0.15) is 0 Å². The maximum atomic E-state index is 11.3. The van der Waals surface area contributed by atoms with Crippen LogP contribution in [0.4, 0.5) is 5.69 Å². The quantitative estimate of drug-likeness (QED) is 0.829. The highest BCUT2D eigenvalue weighted by Gasteiger charge is 2.00. The van der Waals surface area contributed by atoms with Gasteiger partial charge in [-0.3, -0.25) is 4.79 Å². The van der Waals surface area contributed by atoms with E-state index in [1.165, 1.54) is 5.56 Å².